The first-order valence-corrected chi connectivity index (χ1v) is 6.37. The van der Waals surface area contributed by atoms with Crippen molar-refractivity contribution in [2.24, 2.45) is 0 Å². The monoisotopic (exact) mass is 304 g/mol. The number of benzene rings is 1. The molecule has 0 saturated carbocycles. The summed E-state index contributed by atoms with van der Waals surface area (Å²) in [6.07, 6.45) is 1.62. The number of carbonyl (C=O) groups excluding carboxylic acids is 1. The van der Waals surface area contributed by atoms with E-state index in [1.807, 2.05) is 44.2 Å². The Morgan fingerprint density at radius 3 is 2.72 bits per heavy atom. The first-order valence-electron chi connectivity index (χ1n) is 5.57. The molecule has 0 aliphatic heterocycles. The molecular weight excluding hydrogens is 292 g/mol. The van der Waals surface area contributed by atoms with E-state index >= 15 is 0 Å². The number of pyridine rings is 1. The van der Waals surface area contributed by atoms with Crippen molar-refractivity contribution in [1.82, 2.24) is 4.98 Å². The van der Waals surface area contributed by atoms with Crippen LogP contribution in [0.25, 0.3) is 0 Å². The van der Waals surface area contributed by atoms with Crippen LogP contribution in [0, 0.1) is 13.8 Å². The van der Waals surface area contributed by atoms with E-state index in [0.29, 0.717) is 5.69 Å². The molecule has 0 unspecified atom stereocenters. The van der Waals surface area contributed by atoms with Crippen molar-refractivity contribution in [1.29, 1.82) is 0 Å². The normalized spacial score (nSPS) is 10.2. The Morgan fingerprint density at radius 2 is 2.00 bits per heavy atom. The highest BCUT2D eigenvalue weighted by atomic mass is 79.9. The Hall–Kier alpha value is -1.68. The zero-order valence-electron chi connectivity index (χ0n) is 10.2. The van der Waals surface area contributed by atoms with Crippen LogP contribution >= 0.6 is 15.9 Å². The third kappa shape index (κ3) is 2.59. The van der Waals surface area contributed by atoms with Crippen molar-refractivity contribution in [3.8, 4) is 0 Å². The van der Waals surface area contributed by atoms with E-state index in [0.717, 1.165) is 21.3 Å². The predicted molar refractivity (Wildman–Crippen MR) is 75.8 cm³/mol. The molecule has 0 fully saturated rings. The number of nitrogens with zero attached hydrogens (tertiary/aromatic N) is 1. The highest BCUT2D eigenvalue weighted by Crippen LogP contribution is 2.23. The molecular formula is C14H13BrN2O. The molecule has 0 aliphatic rings. The minimum Gasteiger partial charge on any atom is -0.320 e. The maximum absolute atomic E-state index is 12.1. The minimum absolute atomic E-state index is 0.186. The van der Waals surface area contributed by atoms with Gasteiger partial charge in [-0.05, 0) is 43.2 Å². The predicted octanol–water partition coefficient (Wildman–Crippen LogP) is 3.71. The standard InChI is InChI=1S/C14H13BrN2O/c1-9-5-4-8-16-13(9)14(18)17-12-7-3-6-11(15)10(12)2/h3-8H,1-2H3,(H,17,18). The Balaban J connectivity index is 2.27. The number of aromatic nitrogens is 1. The average Bonchev–Trinajstić information content (AvgIpc) is 2.35. The van der Waals surface area contributed by atoms with Gasteiger partial charge in [-0.3, -0.25) is 9.78 Å². The fourth-order valence-corrected chi connectivity index (χ4v) is 2.01. The zero-order valence-corrected chi connectivity index (χ0v) is 11.8. The topological polar surface area (TPSA) is 42.0 Å². The zero-order chi connectivity index (χ0) is 13.1. The largest absolute Gasteiger partial charge is 0.320 e. The molecule has 18 heavy (non-hydrogen) atoms. The van der Waals surface area contributed by atoms with Crippen molar-refractivity contribution >= 4 is 27.5 Å². The van der Waals surface area contributed by atoms with Gasteiger partial charge in [-0.2, -0.15) is 0 Å². The fraction of sp³-hybridized carbons (Fsp3) is 0.143. The number of halogens is 1. The number of anilines is 1. The summed E-state index contributed by atoms with van der Waals surface area (Å²) >= 11 is 3.44. The van der Waals surface area contributed by atoms with Crippen LogP contribution in [0.1, 0.15) is 21.6 Å². The van der Waals surface area contributed by atoms with E-state index in [-0.39, 0.29) is 5.91 Å². The minimum atomic E-state index is -0.186. The van der Waals surface area contributed by atoms with Gasteiger partial charge in [-0.25, -0.2) is 0 Å². The lowest BCUT2D eigenvalue weighted by molar-refractivity contribution is 0.102. The first-order chi connectivity index (χ1) is 8.59. The van der Waals surface area contributed by atoms with E-state index in [2.05, 4.69) is 26.2 Å². The van der Waals surface area contributed by atoms with Gasteiger partial charge >= 0.3 is 0 Å². The summed E-state index contributed by atoms with van der Waals surface area (Å²) in [5.41, 5.74) is 3.11. The number of nitrogens with one attached hydrogen (secondary N) is 1. The second-order valence-corrected chi connectivity index (χ2v) is 4.89. The Morgan fingerprint density at radius 1 is 1.22 bits per heavy atom. The third-order valence-electron chi connectivity index (χ3n) is 2.74. The number of aryl methyl sites for hydroxylation is 1. The maximum atomic E-state index is 12.1. The van der Waals surface area contributed by atoms with Crippen molar-refractivity contribution in [2.75, 3.05) is 5.32 Å². The summed E-state index contributed by atoms with van der Waals surface area (Å²) in [6, 6.07) is 9.39. The molecule has 0 atom stereocenters. The van der Waals surface area contributed by atoms with Gasteiger partial charge in [-0.15, -0.1) is 0 Å². The number of amides is 1. The van der Waals surface area contributed by atoms with Crippen LogP contribution < -0.4 is 5.32 Å². The van der Waals surface area contributed by atoms with Gasteiger partial charge in [0.25, 0.3) is 5.91 Å². The van der Waals surface area contributed by atoms with E-state index in [9.17, 15) is 4.79 Å². The molecule has 92 valence electrons. The van der Waals surface area contributed by atoms with Crippen molar-refractivity contribution < 1.29 is 4.79 Å². The number of carbonyl (C=O) groups is 1. The molecule has 0 saturated heterocycles. The number of hydrogen-bond donors (Lipinski definition) is 1. The lowest BCUT2D eigenvalue weighted by atomic mass is 10.1. The first kappa shape index (κ1) is 12.8. The van der Waals surface area contributed by atoms with Gasteiger partial charge < -0.3 is 5.32 Å². The van der Waals surface area contributed by atoms with E-state index in [1.54, 1.807) is 6.20 Å². The van der Waals surface area contributed by atoms with Crippen LogP contribution in [0.3, 0.4) is 0 Å². The van der Waals surface area contributed by atoms with E-state index in [1.165, 1.54) is 0 Å². The fourth-order valence-electron chi connectivity index (χ4n) is 1.65. The van der Waals surface area contributed by atoms with Gasteiger partial charge in [0, 0.05) is 16.4 Å². The van der Waals surface area contributed by atoms with Crippen LogP contribution in [-0.4, -0.2) is 10.9 Å². The second-order valence-electron chi connectivity index (χ2n) is 4.04. The van der Waals surface area contributed by atoms with Gasteiger partial charge in [0.2, 0.25) is 0 Å². The molecule has 0 bridgehead atoms. The van der Waals surface area contributed by atoms with E-state index < -0.39 is 0 Å². The quantitative estimate of drug-likeness (QED) is 0.919. The summed E-state index contributed by atoms with van der Waals surface area (Å²) < 4.78 is 0.970. The van der Waals surface area contributed by atoms with Crippen molar-refractivity contribution in [2.45, 2.75) is 13.8 Å². The molecule has 1 N–H and O–H groups in total. The van der Waals surface area contributed by atoms with Crippen LogP contribution in [0.2, 0.25) is 0 Å². The van der Waals surface area contributed by atoms with Gasteiger partial charge in [-0.1, -0.05) is 28.1 Å². The smallest absolute Gasteiger partial charge is 0.274 e. The highest BCUT2D eigenvalue weighted by Gasteiger charge is 2.11. The summed E-state index contributed by atoms with van der Waals surface area (Å²) in [5.74, 6) is -0.186. The second kappa shape index (κ2) is 5.31. The molecule has 0 spiro atoms. The molecule has 2 aromatic rings. The third-order valence-corrected chi connectivity index (χ3v) is 3.60. The Kier molecular flexibility index (Phi) is 3.77. The van der Waals surface area contributed by atoms with Crippen molar-refractivity contribution in [3.63, 3.8) is 0 Å². The number of hydrogen-bond acceptors (Lipinski definition) is 2. The summed E-state index contributed by atoms with van der Waals surface area (Å²) in [7, 11) is 0. The van der Waals surface area contributed by atoms with Crippen molar-refractivity contribution in [3.05, 3.63) is 57.8 Å². The van der Waals surface area contributed by atoms with E-state index in [4.69, 9.17) is 0 Å². The van der Waals surface area contributed by atoms with Gasteiger partial charge in [0.15, 0.2) is 0 Å². The average molecular weight is 305 g/mol. The molecule has 1 aromatic carbocycles. The molecule has 1 amide bonds. The number of rotatable bonds is 2. The molecule has 1 aromatic heterocycles. The van der Waals surface area contributed by atoms with Gasteiger partial charge in [0.05, 0.1) is 0 Å². The lowest BCUT2D eigenvalue weighted by Gasteiger charge is -2.10. The summed E-state index contributed by atoms with van der Waals surface area (Å²) in [4.78, 5) is 16.2. The molecule has 3 nitrogen and oxygen atoms in total. The molecule has 0 aliphatic carbocycles. The summed E-state index contributed by atoms with van der Waals surface area (Å²) in [6.45, 7) is 3.82. The molecule has 1 heterocycles. The van der Waals surface area contributed by atoms with Crippen LogP contribution in [-0.2, 0) is 0 Å². The van der Waals surface area contributed by atoms with Gasteiger partial charge in [0.1, 0.15) is 5.69 Å². The Labute approximate surface area is 114 Å². The van der Waals surface area contributed by atoms with Crippen LogP contribution in [0.4, 0.5) is 5.69 Å². The molecule has 2 rings (SSSR count). The van der Waals surface area contributed by atoms with Crippen LogP contribution in [0.15, 0.2) is 41.0 Å². The maximum Gasteiger partial charge on any atom is 0.274 e. The SMILES string of the molecule is Cc1cccnc1C(=O)Nc1cccc(Br)c1C. The molecule has 0 radical (unpaired) electrons. The summed E-state index contributed by atoms with van der Waals surface area (Å²) in [5, 5.41) is 2.88. The van der Waals surface area contributed by atoms with Crippen LogP contribution in [0.5, 0.6) is 0 Å². The Bertz CT molecular complexity index is 596. The lowest BCUT2D eigenvalue weighted by Crippen LogP contribution is -2.15. The molecule has 4 heteroatoms. The highest BCUT2D eigenvalue weighted by molar-refractivity contribution is 9.10.